The molecule has 1 aliphatic heterocycles. The Labute approximate surface area is 183 Å². The van der Waals surface area contributed by atoms with E-state index in [-0.39, 0.29) is 11.3 Å². The highest BCUT2D eigenvalue weighted by molar-refractivity contribution is 5.96. The number of rotatable bonds is 3. The lowest BCUT2D eigenvalue weighted by Gasteiger charge is -2.56. The number of fused-ring (bicyclic) bond motifs is 3. The second-order valence-electron chi connectivity index (χ2n) is 10.7. The van der Waals surface area contributed by atoms with Crippen LogP contribution in [-0.4, -0.2) is 11.9 Å². The second kappa shape index (κ2) is 6.45. The van der Waals surface area contributed by atoms with Crippen LogP contribution in [0.2, 0.25) is 0 Å². The number of carbonyl (C=O) groups is 1. The molecule has 0 unspecified atom stereocenters. The lowest BCUT2D eigenvalue weighted by molar-refractivity contribution is -0.151. The second-order valence-corrected chi connectivity index (χ2v) is 10.7. The first-order valence-corrected chi connectivity index (χ1v) is 12.0. The van der Waals surface area contributed by atoms with E-state index in [4.69, 9.17) is 4.74 Å². The molecule has 4 fully saturated rings. The summed E-state index contributed by atoms with van der Waals surface area (Å²) in [7, 11) is 0. The zero-order valence-electron chi connectivity index (χ0n) is 17.8. The molecule has 4 bridgehead atoms. The van der Waals surface area contributed by atoms with Crippen molar-refractivity contribution in [2.24, 2.45) is 23.2 Å². The molecule has 2 heteroatoms. The fourth-order valence-corrected chi connectivity index (χ4v) is 7.98. The van der Waals surface area contributed by atoms with Crippen molar-refractivity contribution in [2.75, 3.05) is 0 Å². The third-order valence-corrected chi connectivity index (χ3v) is 8.78. The van der Waals surface area contributed by atoms with Gasteiger partial charge in [0.15, 0.2) is 11.9 Å². The fraction of sp³-hybridized carbons (Fsp3) is 0.414. The molecule has 0 spiro atoms. The van der Waals surface area contributed by atoms with Crippen molar-refractivity contribution in [1.29, 1.82) is 0 Å². The summed E-state index contributed by atoms with van der Waals surface area (Å²) in [5.41, 5.74) is 2.25. The maximum absolute atomic E-state index is 14.4. The van der Waals surface area contributed by atoms with E-state index in [0.29, 0.717) is 5.78 Å². The third-order valence-electron chi connectivity index (χ3n) is 8.78. The summed E-state index contributed by atoms with van der Waals surface area (Å²) in [6, 6.07) is 23.3. The monoisotopic (exact) mass is 408 g/mol. The predicted octanol–water partition coefficient (Wildman–Crippen LogP) is 6.52. The van der Waals surface area contributed by atoms with E-state index in [1.807, 2.05) is 0 Å². The summed E-state index contributed by atoms with van der Waals surface area (Å²) < 4.78 is 6.58. The molecule has 0 aromatic heterocycles. The molecular formula is C29H28O2. The van der Waals surface area contributed by atoms with Crippen molar-refractivity contribution in [1.82, 2.24) is 0 Å². The summed E-state index contributed by atoms with van der Waals surface area (Å²) in [4.78, 5) is 14.4. The van der Waals surface area contributed by atoms with E-state index in [0.717, 1.165) is 42.8 Å². The Morgan fingerprint density at radius 3 is 2.13 bits per heavy atom. The molecule has 3 aromatic carbocycles. The quantitative estimate of drug-likeness (QED) is 0.493. The number of hydrogen-bond acceptors (Lipinski definition) is 2. The SMILES string of the molecule is O=C([C@H]1Oc2ccc3ccccc3c2[C@@H]1c1ccccc1)C12CC3CC(CC(C3)C1)C2. The summed E-state index contributed by atoms with van der Waals surface area (Å²) in [5, 5.41) is 2.43. The smallest absolute Gasteiger partial charge is 0.180 e. The molecule has 3 aromatic rings. The standard InChI is InChI=1S/C29H28O2/c30-28(29-15-18-12-19(16-29)14-20(13-18)17-29)27-25(22-7-2-1-3-8-22)26-23-9-5-4-6-21(23)10-11-24(26)31-27/h1-11,18-20,25,27H,12-17H2/t18?,19?,20?,25-,27-,29?/m0/s1. The number of Topliss-reactive ketones (excluding diaryl/α,β-unsaturated/α-hetero) is 1. The topological polar surface area (TPSA) is 26.3 Å². The van der Waals surface area contributed by atoms with Gasteiger partial charge in [0.1, 0.15) is 5.75 Å². The van der Waals surface area contributed by atoms with Crippen LogP contribution in [0.15, 0.2) is 66.7 Å². The molecule has 8 rings (SSSR count). The van der Waals surface area contributed by atoms with E-state index < -0.39 is 6.10 Å². The molecular weight excluding hydrogens is 380 g/mol. The van der Waals surface area contributed by atoms with Crippen LogP contribution < -0.4 is 4.74 Å². The van der Waals surface area contributed by atoms with E-state index in [2.05, 4.69) is 66.7 Å². The lowest BCUT2D eigenvalue weighted by atomic mass is 9.48. The van der Waals surface area contributed by atoms with Crippen LogP contribution in [-0.2, 0) is 4.79 Å². The van der Waals surface area contributed by atoms with Gasteiger partial charge in [-0.1, -0.05) is 60.7 Å². The Kier molecular flexibility index (Phi) is 3.75. The number of hydrogen-bond donors (Lipinski definition) is 0. The number of ketones is 1. The molecule has 5 aliphatic rings. The van der Waals surface area contributed by atoms with Gasteiger partial charge in [0.05, 0.1) is 5.92 Å². The largest absolute Gasteiger partial charge is 0.481 e. The number of benzene rings is 3. The van der Waals surface area contributed by atoms with Crippen LogP contribution in [0.3, 0.4) is 0 Å². The van der Waals surface area contributed by atoms with Crippen molar-refractivity contribution in [2.45, 2.75) is 50.5 Å². The van der Waals surface area contributed by atoms with E-state index in [1.165, 1.54) is 41.2 Å². The molecule has 156 valence electrons. The molecule has 0 radical (unpaired) electrons. The summed E-state index contributed by atoms with van der Waals surface area (Å²) in [6.45, 7) is 0. The van der Waals surface area contributed by atoms with Gasteiger partial charge >= 0.3 is 0 Å². The highest BCUT2D eigenvalue weighted by Gasteiger charge is 2.58. The van der Waals surface area contributed by atoms with Crippen LogP contribution >= 0.6 is 0 Å². The lowest BCUT2D eigenvalue weighted by Crippen LogP contribution is -2.54. The van der Waals surface area contributed by atoms with Crippen molar-refractivity contribution in [3.63, 3.8) is 0 Å². The van der Waals surface area contributed by atoms with Crippen LogP contribution in [0.5, 0.6) is 5.75 Å². The summed E-state index contributed by atoms with van der Waals surface area (Å²) in [6.07, 6.45) is 6.93. The van der Waals surface area contributed by atoms with Gasteiger partial charge in [0.25, 0.3) is 0 Å². The van der Waals surface area contributed by atoms with E-state index in [9.17, 15) is 4.79 Å². The Morgan fingerprint density at radius 1 is 0.774 bits per heavy atom. The van der Waals surface area contributed by atoms with Crippen molar-refractivity contribution < 1.29 is 9.53 Å². The molecule has 0 amide bonds. The molecule has 2 nitrogen and oxygen atoms in total. The zero-order valence-corrected chi connectivity index (χ0v) is 17.8. The third kappa shape index (κ3) is 2.60. The summed E-state index contributed by atoms with van der Waals surface area (Å²) in [5.74, 6) is 3.54. The molecule has 0 N–H and O–H groups in total. The van der Waals surface area contributed by atoms with E-state index >= 15 is 0 Å². The Morgan fingerprint density at radius 2 is 1.42 bits per heavy atom. The predicted molar refractivity (Wildman–Crippen MR) is 122 cm³/mol. The van der Waals surface area contributed by atoms with Gasteiger partial charge in [0, 0.05) is 11.0 Å². The summed E-state index contributed by atoms with van der Waals surface area (Å²) >= 11 is 0. The normalized spacial score (nSPS) is 35.2. The van der Waals surface area contributed by atoms with Gasteiger partial charge in [0.2, 0.25) is 0 Å². The average Bonchev–Trinajstić information content (AvgIpc) is 3.18. The first-order valence-electron chi connectivity index (χ1n) is 12.0. The van der Waals surface area contributed by atoms with Crippen molar-refractivity contribution in [3.8, 4) is 5.75 Å². The van der Waals surface area contributed by atoms with Crippen LogP contribution in [0.1, 0.15) is 55.6 Å². The highest BCUT2D eigenvalue weighted by atomic mass is 16.5. The minimum atomic E-state index is -0.403. The first-order chi connectivity index (χ1) is 15.2. The molecule has 0 saturated heterocycles. The first kappa shape index (κ1) is 18.0. The van der Waals surface area contributed by atoms with E-state index in [1.54, 1.807) is 0 Å². The van der Waals surface area contributed by atoms with Crippen molar-refractivity contribution >= 4 is 16.6 Å². The van der Waals surface area contributed by atoms with Crippen LogP contribution in [0.25, 0.3) is 10.8 Å². The molecule has 1 heterocycles. The molecule has 2 atom stereocenters. The number of ether oxygens (including phenoxy) is 1. The zero-order chi connectivity index (χ0) is 20.6. The fourth-order valence-electron chi connectivity index (χ4n) is 7.98. The Bertz CT molecular complexity index is 1140. The maximum Gasteiger partial charge on any atom is 0.180 e. The van der Waals surface area contributed by atoms with Gasteiger partial charge < -0.3 is 4.74 Å². The highest BCUT2D eigenvalue weighted by Crippen LogP contribution is 2.62. The molecule has 31 heavy (non-hydrogen) atoms. The van der Waals surface area contributed by atoms with Crippen molar-refractivity contribution in [3.05, 3.63) is 77.9 Å². The van der Waals surface area contributed by atoms with Gasteiger partial charge in [-0.05, 0) is 78.7 Å². The number of carbonyl (C=O) groups excluding carboxylic acids is 1. The maximum atomic E-state index is 14.4. The molecule has 4 saturated carbocycles. The minimum absolute atomic E-state index is 0.0252. The van der Waals surface area contributed by atoms with Crippen LogP contribution in [0, 0.1) is 23.2 Å². The van der Waals surface area contributed by atoms with Gasteiger partial charge in [-0.15, -0.1) is 0 Å². The average molecular weight is 409 g/mol. The minimum Gasteiger partial charge on any atom is -0.481 e. The van der Waals surface area contributed by atoms with Gasteiger partial charge in [-0.2, -0.15) is 0 Å². The van der Waals surface area contributed by atoms with Gasteiger partial charge in [-0.3, -0.25) is 4.79 Å². The molecule has 4 aliphatic carbocycles. The van der Waals surface area contributed by atoms with Gasteiger partial charge in [-0.25, -0.2) is 0 Å². The Balaban J connectivity index is 1.36. The van der Waals surface area contributed by atoms with Crippen LogP contribution in [0.4, 0.5) is 0 Å². The Hall–Kier alpha value is -2.61.